The third-order valence-electron chi connectivity index (χ3n) is 8.88. The Morgan fingerprint density at radius 1 is 0.341 bits per heavy atom. The molecule has 0 spiro atoms. The van der Waals surface area contributed by atoms with Crippen molar-refractivity contribution < 1.29 is 0 Å². The summed E-state index contributed by atoms with van der Waals surface area (Å²) < 4.78 is 4.76. The lowest BCUT2D eigenvalue weighted by molar-refractivity contribution is 1.13. The summed E-state index contributed by atoms with van der Waals surface area (Å²) in [7, 11) is 0. The monoisotopic (exact) mass is 560 g/mol. The summed E-state index contributed by atoms with van der Waals surface area (Å²) in [4.78, 5) is 0. The quantitative estimate of drug-likeness (QED) is 0.203. The Bertz CT molecular complexity index is 2410. The zero-order valence-corrected chi connectivity index (χ0v) is 24.1. The molecule has 9 aromatic rings. The summed E-state index contributed by atoms with van der Waals surface area (Å²) in [6.07, 6.45) is 2.18. The second kappa shape index (κ2) is 9.86. The van der Waals surface area contributed by atoms with Crippen molar-refractivity contribution in [1.29, 1.82) is 0 Å². The maximum Gasteiger partial charge on any atom is 0.0619 e. The normalized spacial score (nSPS) is 11.6. The number of nitrogens with zero attached hydrogens (tertiary/aromatic N) is 2. The fraction of sp³-hybridized carbons (Fsp3) is 0. The van der Waals surface area contributed by atoms with Gasteiger partial charge in [0.1, 0.15) is 0 Å². The van der Waals surface area contributed by atoms with E-state index in [9.17, 15) is 0 Å². The van der Waals surface area contributed by atoms with Gasteiger partial charge in [0, 0.05) is 39.1 Å². The molecule has 0 radical (unpaired) electrons. The Kier molecular flexibility index (Phi) is 5.54. The van der Waals surface area contributed by atoms with Crippen LogP contribution in [0.3, 0.4) is 0 Å². The van der Waals surface area contributed by atoms with Gasteiger partial charge in [-0.25, -0.2) is 0 Å². The van der Waals surface area contributed by atoms with Gasteiger partial charge >= 0.3 is 0 Å². The van der Waals surface area contributed by atoms with Gasteiger partial charge in [-0.1, -0.05) is 109 Å². The van der Waals surface area contributed by atoms with E-state index in [2.05, 4.69) is 179 Å². The molecule has 2 heteroatoms. The first kappa shape index (κ1) is 24.7. The highest BCUT2D eigenvalue weighted by molar-refractivity contribution is 6.20. The van der Waals surface area contributed by atoms with Crippen molar-refractivity contribution >= 4 is 43.5 Å². The second-order valence-electron chi connectivity index (χ2n) is 11.5. The minimum atomic E-state index is 1.16. The molecule has 7 aromatic carbocycles. The molecule has 206 valence electrons. The van der Waals surface area contributed by atoms with E-state index in [-0.39, 0.29) is 0 Å². The Balaban J connectivity index is 1.37. The maximum absolute atomic E-state index is 2.48. The van der Waals surface area contributed by atoms with Gasteiger partial charge in [-0.3, -0.25) is 0 Å². The molecule has 2 aromatic heterocycles. The van der Waals surface area contributed by atoms with E-state index in [1.54, 1.807) is 0 Å². The van der Waals surface area contributed by atoms with Crippen LogP contribution in [0.1, 0.15) is 0 Å². The van der Waals surface area contributed by atoms with E-state index < -0.39 is 0 Å². The van der Waals surface area contributed by atoms with Crippen LogP contribution in [0.4, 0.5) is 0 Å². The van der Waals surface area contributed by atoms with Crippen LogP contribution in [-0.4, -0.2) is 9.13 Å². The van der Waals surface area contributed by atoms with Crippen molar-refractivity contribution in [3.63, 3.8) is 0 Å². The molecular weight excluding hydrogens is 532 g/mol. The average Bonchev–Trinajstić information content (AvgIpc) is 3.67. The molecule has 0 bridgehead atoms. The zero-order valence-electron chi connectivity index (χ0n) is 24.1. The molecule has 0 N–H and O–H groups in total. The number of fused-ring (bicyclic) bond motifs is 6. The molecule has 0 aliphatic rings. The molecule has 0 saturated heterocycles. The van der Waals surface area contributed by atoms with Crippen molar-refractivity contribution in [2.75, 3.05) is 0 Å². The molecule has 44 heavy (non-hydrogen) atoms. The third-order valence-corrected chi connectivity index (χ3v) is 8.88. The van der Waals surface area contributed by atoms with Crippen LogP contribution in [0.5, 0.6) is 0 Å². The number of benzene rings is 7. The fourth-order valence-electron chi connectivity index (χ4n) is 6.83. The lowest BCUT2D eigenvalue weighted by atomic mass is 9.98. The van der Waals surface area contributed by atoms with Crippen LogP contribution in [0.15, 0.2) is 170 Å². The SMILES string of the molecule is c1ccc(-c2cc(-c3ccccc3)cc(-n3c4ccccc4c4ccc5cc6c(ccn6-c6ccccc6)cc5c43)c2)cc1. The van der Waals surface area contributed by atoms with E-state index in [1.807, 2.05) is 0 Å². The van der Waals surface area contributed by atoms with Crippen molar-refractivity contribution in [1.82, 2.24) is 9.13 Å². The molecular formula is C42H28N2. The molecule has 0 unspecified atom stereocenters. The maximum atomic E-state index is 2.48. The number of aromatic nitrogens is 2. The van der Waals surface area contributed by atoms with Crippen LogP contribution >= 0.6 is 0 Å². The predicted molar refractivity (Wildman–Crippen MR) is 186 cm³/mol. The van der Waals surface area contributed by atoms with Crippen molar-refractivity contribution in [2.24, 2.45) is 0 Å². The molecule has 0 aliphatic heterocycles. The lowest BCUT2D eigenvalue weighted by Crippen LogP contribution is -1.97. The van der Waals surface area contributed by atoms with Gasteiger partial charge < -0.3 is 9.13 Å². The number of rotatable bonds is 4. The Morgan fingerprint density at radius 2 is 0.977 bits per heavy atom. The highest BCUT2D eigenvalue weighted by Gasteiger charge is 2.18. The van der Waals surface area contributed by atoms with E-state index >= 15 is 0 Å². The molecule has 0 fully saturated rings. The van der Waals surface area contributed by atoms with Gasteiger partial charge in [0.15, 0.2) is 0 Å². The van der Waals surface area contributed by atoms with Gasteiger partial charge in [-0.15, -0.1) is 0 Å². The third kappa shape index (κ3) is 3.89. The summed E-state index contributed by atoms with van der Waals surface area (Å²) in [5.41, 5.74) is 10.8. The van der Waals surface area contributed by atoms with Crippen LogP contribution in [0.25, 0.3) is 77.1 Å². The molecule has 2 nitrogen and oxygen atoms in total. The van der Waals surface area contributed by atoms with Gasteiger partial charge in [0.25, 0.3) is 0 Å². The van der Waals surface area contributed by atoms with Gasteiger partial charge in [0.2, 0.25) is 0 Å². The lowest BCUT2D eigenvalue weighted by Gasteiger charge is -2.15. The van der Waals surface area contributed by atoms with Crippen LogP contribution in [0.2, 0.25) is 0 Å². The summed E-state index contributed by atoms with van der Waals surface area (Å²) in [6.45, 7) is 0. The summed E-state index contributed by atoms with van der Waals surface area (Å²) in [5.74, 6) is 0. The summed E-state index contributed by atoms with van der Waals surface area (Å²) in [5, 5.41) is 6.24. The largest absolute Gasteiger partial charge is 0.317 e. The first-order valence-electron chi connectivity index (χ1n) is 15.1. The molecule has 2 heterocycles. The van der Waals surface area contributed by atoms with E-state index in [0.717, 1.165) is 5.69 Å². The van der Waals surface area contributed by atoms with Gasteiger partial charge in [-0.05, 0) is 82.2 Å². The van der Waals surface area contributed by atoms with E-state index in [4.69, 9.17) is 0 Å². The average molecular weight is 561 g/mol. The zero-order chi connectivity index (χ0) is 29.0. The van der Waals surface area contributed by atoms with Crippen molar-refractivity contribution in [2.45, 2.75) is 0 Å². The smallest absolute Gasteiger partial charge is 0.0619 e. The second-order valence-corrected chi connectivity index (χ2v) is 11.5. The molecule has 9 rings (SSSR count). The Labute approximate surface area is 255 Å². The minimum Gasteiger partial charge on any atom is -0.317 e. The Hall–Kier alpha value is -5.86. The molecule has 0 atom stereocenters. The molecule has 0 aliphatic carbocycles. The molecule has 0 amide bonds. The van der Waals surface area contributed by atoms with Crippen LogP contribution < -0.4 is 0 Å². The highest BCUT2D eigenvalue weighted by Crippen LogP contribution is 2.40. The summed E-state index contributed by atoms with van der Waals surface area (Å²) in [6, 6.07) is 59.3. The number of para-hydroxylation sites is 2. The first-order valence-corrected chi connectivity index (χ1v) is 15.1. The van der Waals surface area contributed by atoms with Gasteiger partial charge in [-0.2, -0.15) is 0 Å². The number of hydrogen-bond donors (Lipinski definition) is 0. The highest BCUT2D eigenvalue weighted by atomic mass is 15.0. The first-order chi connectivity index (χ1) is 21.8. The minimum absolute atomic E-state index is 1.16. The van der Waals surface area contributed by atoms with Crippen molar-refractivity contribution in [3.8, 4) is 33.6 Å². The topological polar surface area (TPSA) is 9.86 Å². The van der Waals surface area contributed by atoms with E-state index in [0.29, 0.717) is 0 Å². The Morgan fingerprint density at radius 3 is 1.68 bits per heavy atom. The van der Waals surface area contributed by atoms with Crippen LogP contribution in [-0.2, 0) is 0 Å². The van der Waals surface area contributed by atoms with Crippen molar-refractivity contribution in [3.05, 3.63) is 170 Å². The van der Waals surface area contributed by atoms with Gasteiger partial charge in [0.05, 0.1) is 16.6 Å². The fourth-order valence-corrected chi connectivity index (χ4v) is 6.83. The molecule has 0 saturated carbocycles. The predicted octanol–water partition coefficient (Wildman–Crippen LogP) is 11.2. The summed E-state index contributed by atoms with van der Waals surface area (Å²) >= 11 is 0. The number of hydrogen-bond acceptors (Lipinski definition) is 0. The van der Waals surface area contributed by atoms with E-state index in [1.165, 1.54) is 71.4 Å². The van der Waals surface area contributed by atoms with Crippen LogP contribution in [0, 0.1) is 0 Å². The standard InChI is InChI=1S/C42H28N2/c1-4-12-29(13-5-1)33-24-34(30-14-6-2-7-15-30)26-36(25-33)44-40-19-11-10-18-37(40)38-21-20-31-28-41-32(27-39(31)42(38)44)22-23-43(41)35-16-8-3-9-17-35/h1-28H.